The second-order valence-corrected chi connectivity index (χ2v) is 5.55. The van der Waals surface area contributed by atoms with Crippen molar-refractivity contribution in [3.63, 3.8) is 0 Å². The number of carbonyl (C=O) groups excluding carboxylic acids is 1. The quantitative estimate of drug-likeness (QED) is 0.827. The van der Waals surface area contributed by atoms with Gasteiger partial charge in [-0.1, -0.05) is 6.07 Å². The van der Waals surface area contributed by atoms with Gasteiger partial charge in [0.2, 0.25) is 0 Å². The molecule has 0 aliphatic carbocycles. The van der Waals surface area contributed by atoms with E-state index in [-0.39, 0.29) is 5.91 Å². The second kappa shape index (κ2) is 5.76. The molecule has 2 rings (SSSR count). The molecule has 18 heavy (non-hydrogen) atoms. The normalized spacial score (nSPS) is 17.2. The smallest absolute Gasteiger partial charge is 0.253 e. The molecule has 1 aromatic carbocycles. The molecule has 3 nitrogen and oxygen atoms in total. The molecule has 0 bridgehead atoms. The Bertz CT molecular complexity index is 426. The predicted molar refractivity (Wildman–Crippen MR) is 76.3 cm³/mol. The van der Waals surface area contributed by atoms with Gasteiger partial charge in [-0.15, -0.1) is 12.6 Å². The van der Waals surface area contributed by atoms with Gasteiger partial charge in [0, 0.05) is 29.6 Å². The minimum atomic E-state index is 0.128. The fourth-order valence-corrected chi connectivity index (χ4v) is 2.63. The van der Waals surface area contributed by atoms with Crippen molar-refractivity contribution in [1.29, 1.82) is 0 Å². The third-order valence-electron chi connectivity index (χ3n) is 3.58. The summed E-state index contributed by atoms with van der Waals surface area (Å²) in [6.45, 7) is 1.69. The Kier molecular flexibility index (Phi) is 4.30. The molecule has 0 aromatic heterocycles. The van der Waals surface area contributed by atoms with Crippen molar-refractivity contribution < 1.29 is 4.79 Å². The number of amides is 1. The maximum absolute atomic E-state index is 12.3. The zero-order chi connectivity index (χ0) is 13.1. The average Bonchev–Trinajstić information content (AvgIpc) is 2.38. The summed E-state index contributed by atoms with van der Waals surface area (Å²) in [6.07, 6.45) is 2.11. The van der Waals surface area contributed by atoms with E-state index in [1.807, 2.05) is 29.2 Å². The highest BCUT2D eigenvalue weighted by molar-refractivity contribution is 7.80. The van der Waals surface area contributed by atoms with Gasteiger partial charge in [-0.05, 0) is 45.1 Å². The van der Waals surface area contributed by atoms with Gasteiger partial charge in [-0.2, -0.15) is 0 Å². The molecule has 1 amide bonds. The summed E-state index contributed by atoms with van der Waals surface area (Å²) in [5.41, 5.74) is 0.741. The van der Waals surface area contributed by atoms with Crippen LogP contribution in [-0.2, 0) is 0 Å². The van der Waals surface area contributed by atoms with Crippen LogP contribution in [-0.4, -0.2) is 48.9 Å². The molecular formula is C14H20N2OS. The summed E-state index contributed by atoms with van der Waals surface area (Å²) >= 11 is 4.28. The zero-order valence-corrected chi connectivity index (χ0v) is 11.9. The number of piperidine rings is 1. The molecule has 1 saturated heterocycles. The van der Waals surface area contributed by atoms with Gasteiger partial charge in [-0.25, -0.2) is 0 Å². The number of nitrogens with zero attached hydrogens (tertiary/aromatic N) is 2. The predicted octanol–water partition coefficient (Wildman–Crippen LogP) is 2.14. The van der Waals surface area contributed by atoms with E-state index >= 15 is 0 Å². The average molecular weight is 264 g/mol. The standard InChI is InChI=1S/C14H20N2OS/c1-15(2)12-6-8-16(9-7-12)14(17)11-4-3-5-13(18)10-11/h3-5,10,12,18H,6-9H2,1-2H3. The van der Waals surface area contributed by atoms with Crippen LogP contribution in [0.15, 0.2) is 29.2 Å². The molecule has 1 fully saturated rings. The maximum Gasteiger partial charge on any atom is 0.253 e. The van der Waals surface area contributed by atoms with Crippen LogP contribution in [0, 0.1) is 0 Å². The minimum Gasteiger partial charge on any atom is -0.339 e. The van der Waals surface area contributed by atoms with E-state index < -0.39 is 0 Å². The van der Waals surface area contributed by atoms with E-state index in [0.717, 1.165) is 36.4 Å². The molecular weight excluding hydrogens is 244 g/mol. The maximum atomic E-state index is 12.3. The van der Waals surface area contributed by atoms with E-state index in [2.05, 4.69) is 31.6 Å². The van der Waals surface area contributed by atoms with Crippen LogP contribution in [0.3, 0.4) is 0 Å². The molecule has 98 valence electrons. The summed E-state index contributed by atoms with van der Waals surface area (Å²) in [5.74, 6) is 0.128. The second-order valence-electron chi connectivity index (χ2n) is 5.04. The highest BCUT2D eigenvalue weighted by Gasteiger charge is 2.24. The molecule has 0 atom stereocenters. The highest BCUT2D eigenvalue weighted by Crippen LogP contribution is 2.17. The molecule has 1 aromatic rings. The fraction of sp³-hybridized carbons (Fsp3) is 0.500. The first-order chi connectivity index (χ1) is 8.58. The lowest BCUT2D eigenvalue weighted by Crippen LogP contribution is -2.44. The monoisotopic (exact) mass is 264 g/mol. The molecule has 0 spiro atoms. The third kappa shape index (κ3) is 3.06. The van der Waals surface area contributed by atoms with E-state index in [4.69, 9.17) is 0 Å². The zero-order valence-electron chi connectivity index (χ0n) is 11.0. The van der Waals surface area contributed by atoms with Crippen LogP contribution in [0.1, 0.15) is 23.2 Å². The largest absolute Gasteiger partial charge is 0.339 e. The molecule has 0 radical (unpaired) electrons. The van der Waals surface area contributed by atoms with E-state index in [0.29, 0.717) is 6.04 Å². The molecule has 0 unspecified atom stereocenters. The molecule has 0 saturated carbocycles. The van der Waals surface area contributed by atoms with Gasteiger partial charge < -0.3 is 9.80 Å². The Morgan fingerprint density at radius 1 is 1.33 bits per heavy atom. The van der Waals surface area contributed by atoms with Crippen molar-refractivity contribution in [3.05, 3.63) is 29.8 Å². The van der Waals surface area contributed by atoms with Gasteiger partial charge >= 0.3 is 0 Å². The van der Waals surface area contributed by atoms with Crippen LogP contribution in [0.5, 0.6) is 0 Å². The Balaban J connectivity index is 1.99. The third-order valence-corrected chi connectivity index (χ3v) is 3.85. The summed E-state index contributed by atoms with van der Waals surface area (Å²) in [5, 5.41) is 0. The van der Waals surface area contributed by atoms with Gasteiger partial charge in [0.05, 0.1) is 0 Å². The Morgan fingerprint density at radius 3 is 2.56 bits per heavy atom. The SMILES string of the molecule is CN(C)C1CCN(C(=O)c2cccc(S)c2)CC1. The van der Waals surface area contributed by atoms with E-state index in [1.54, 1.807) is 0 Å². The first-order valence-electron chi connectivity index (χ1n) is 6.32. The summed E-state index contributed by atoms with van der Waals surface area (Å²) in [6, 6.07) is 8.06. The van der Waals surface area contributed by atoms with Crippen molar-refractivity contribution in [2.75, 3.05) is 27.2 Å². The Hall–Kier alpha value is -1.00. The number of carbonyl (C=O) groups is 1. The topological polar surface area (TPSA) is 23.6 Å². The number of hydrogen-bond acceptors (Lipinski definition) is 3. The van der Waals surface area contributed by atoms with Gasteiger partial charge in [0.25, 0.3) is 5.91 Å². The Labute approximate surface area is 114 Å². The number of thiol groups is 1. The number of benzene rings is 1. The van der Waals surface area contributed by atoms with Crippen LogP contribution in [0.4, 0.5) is 0 Å². The lowest BCUT2D eigenvalue weighted by Gasteiger charge is -2.35. The number of hydrogen-bond donors (Lipinski definition) is 1. The van der Waals surface area contributed by atoms with Gasteiger partial charge in [0.1, 0.15) is 0 Å². The van der Waals surface area contributed by atoms with Crippen molar-refractivity contribution in [3.8, 4) is 0 Å². The van der Waals surface area contributed by atoms with Crippen LogP contribution < -0.4 is 0 Å². The van der Waals surface area contributed by atoms with Gasteiger partial charge in [0.15, 0.2) is 0 Å². The summed E-state index contributed by atoms with van der Waals surface area (Å²) < 4.78 is 0. The molecule has 0 N–H and O–H groups in total. The van der Waals surface area contributed by atoms with E-state index in [1.165, 1.54) is 0 Å². The first kappa shape index (κ1) is 13.4. The molecule has 1 aliphatic heterocycles. The molecule has 1 heterocycles. The van der Waals surface area contributed by atoms with Gasteiger partial charge in [-0.3, -0.25) is 4.79 Å². The first-order valence-corrected chi connectivity index (χ1v) is 6.77. The molecule has 1 aliphatic rings. The summed E-state index contributed by atoms with van der Waals surface area (Å²) in [4.78, 5) is 17.3. The summed E-state index contributed by atoms with van der Waals surface area (Å²) in [7, 11) is 4.21. The van der Waals surface area contributed by atoms with Crippen molar-refractivity contribution in [2.24, 2.45) is 0 Å². The minimum absolute atomic E-state index is 0.128. The van der Waals surface area contributed by atoms with Crippen molar-refractivity contribution in [1.82, 2.24) is 9.80 Å². The highest BCUT2D eigenvalue weighted by atomic mass is 32.1. The number of likely N-dealkylation sites (tertiary alicyclic amines) is 1. The lowest BCUT2D eigenvalue weighted by molar-refractivity contribution is 0.0663. The van der Waals surface area contributed by atoms with Crippen molar-refractivity contribution >= 4 is 18.5 Å². The molecule has 4 heteroatoms. The van der Waals surface area contributed by atoms with E-state index in [9.17, 15) is 4.79 Å². The van der Waals surface area contributed by atoms with Crippen LogP contribution in [0.25, 0.3) is 0 Å². The Morgan fingerprint density at radius 2 is 2.00 bits per heavy atom. The van der Waals surface area contributed by atoms with Crippen LogP contribution in [0.2, 0.25) is 0 Å². The fourth-order valence-electron chi connectivity index (χ4n) is 2.41. The lowest BCUT2D eigenvalue weighted by atomic mass is 10.0. The van der Waals surface area contributed by atoms with Crippen LogP contribution >= 0.6 is 12.6 Å². The van der Waals surface area contributed by atoms with Crippen molar-refractivity contribution in [2.45, 2.75) is 23.8 Å². The number of rotatable bonds is 2.